The van der Waals surface area contributed by atoms with Crippen molar-refractivity contribution in [2.24, 2.45) is 0 Å². The predicted octanol–water partition coefficient (Wildman–Crippen LogP) is 1.22. The quantitative estimate of drug-likeness (QED) is 0.552. The largest absolute Gasteiger partial charge is 0.504 e. The van der Waals surface area contributed by atoms with Crippen LogP contribution in [0.25, 0.3) is 0 Å². The summed E-state index contributed by atoms with van der Waals surface area (Å²) in [6.07, 6.45) is 0. The molecule has 0 radical (unpaired) electrons. The number of benzene rings is 1. The average Bonchev–Trinajstić information content (AvgIpc) is 2.04. The van der Waals surface area contributed by atoms with E-state index in [1.165, 1.54) is 6.07 Å². The van der Waals surface area contributed by atoms with Gasteiger partial charge in [0.05, 0.1) is 0 Å². The SMILES string of the molecule is C=O.Cc1cccc(O)c1O. The molecule has 0 amide bonds. The first-order valence-corrected chi connectivity index (χ1v) is 2.98. The van der Waals surface area contributed by atoms with Gasteiger partial charge in [0.2, 0.25) is 0 Å². The first-order chi connectivity index (χ1) is 5.22. The normalized spacial score (nSPS) is 8.09. The number of phenolic OH excluding ortho intramolecular Hbond substituents is 2. The Morgan fingerprint density at radius 2 is 1.82 bits per heavy atom. The minimum Gasteiger partial charge on any atom is -0.504 e. The fraction of sp³-hybridized carbons (Fsp3) is 0.125. The molecule has 0 bridgehead atoms. The number of carbonyl (C=O) groups is 1. The van der Waals surface area contributed by atoms with Gasteiger partial charge >= 0.3 is 0 Å². The van der Waals surface area contributed by atoms with Gasteiger partial charge in [-0.25, -0.2) is 0 Å². The number of carbonyl (C=O) groups excluding carboxylic acids is 1. The highest BCUT2D eigenvalue weighted by Gasteiger charge is 1.98. The predicted molar refractivity (Wildman–Crippen MR) is 41.6 cm³/mol. The van der Waals surface area contributed by atoms with Crippen molar-refractivity contribution in [1.29, 1.82) is 0 Å². The summed E-state index contributed by atoms with van der Waals surface area (Å²) < 4.78 is 0. The Hall–Kier alpha value is -1.51. The standard InChI is InChI=1S/C7H8O2.CH2O/c1-5-3-2-4-6(8)7(5)9;1-2/h2-4,8-9H,1H3;1H2. The Morgan fingerprint density at radius 3 is 2.18 bits per heavy atom. The molecule has 11 heavy (non-hydrogen) atoms. The monoisotopic (exact) mass is 154 g/mol. The number of para-hydroxylation sites is 1. The molecule has 1 aromatic carbocycles. The summed E-state index contributed by atoms with van der Waals surface area (Å²) in [5.41, 5.74) is 0.690. The lowest BCUT2D eigenvalue weighted by Crippen LogP contribution is -1.72. The average molecular weight is 154 g/mol. The molecule has 0 saturated carbocycles. The molecule has 0 saturated heterocycles. The van der Waals surface area contributed by atoms with Gasteiger partial charge in [0, 0.05) is 0 Å². The van der Waals surface area contributed by atoms with Crippen LogP contribution in [0.1, 0.15) is 5.56 Å². The number of rotatable bonds is 0. The molecule has 0 unspecified atom stereocenters. The smallest absolute Gasteiger partial charge is 0.160 e. The van der Waals surface area contributed by atoms with E-state index in [1.807, 2.05) is 6.79 Å². The molecule has 0 aromatic heterocycles. The van der Waals surface area contributed by atoms with E-state index >= 15 is 0 Å². The second-order valence-electron chi connectivity index (χ2n) is 1.94. The molecule has 0 spiro atoms. The van der Waals surface area contributed by atoms with E-state index in [0.29, 0.717) is 5.56 Å². The first kappa shape index (κ1) is 9.49. The van der Waals surface area contributed by atoms with Crippen LogP contribution in [0.2, 0.25) is 0 Å². The van der Waals surface area contributed by atoms with Crippen LogP contribution >= 0.6 is 0 Å². The van der Waals surface area contributed by atoms with Gasteiger partial charge in [-0.2, -0.15) is 0 Å². The zero-order valence-electron chi connectivity index (χ0n) is 6.24. The van der Waals surface area contributed by atoms with Crippen molar-refractivity contribution in [3.8, 4) is 11.5 Å². The van der Waals surface area contributed by atoms with Gasteiger partial charge in [-0.3, -0.25) is 0 Å². The highest BCUT2D eigenvalue weighted by molar-refractivity contribution is 5.43. The van der Waals surface area contributed by atoms with E-state index in [1.54, 1.807) is 19.1 Å². The van der Waals surface area contributed by atoms with Crippen molar-refractivity contribution >= 4 is 6.79 Å². The molecule has 3 nitrogen and oxygen atoms in total. The van der Waals surface area contributed by atoms with Crippen molar-refractivity contribution < 1.29 is 15.0 Å². The summed E-state index contributed by atoms with van der Waals surface area (Å²) in [4.78, 5) is 8.00. The summed E-state index contributed by atoms with van der Waals surface area (Å²) in [5, 5.41) is 17.8. The maximum atomic E-state index is 8.96. The highest BCUT2D eigenvalue weighted by Crippen LogP contribution is 2.26. The summed E-state index contributed by atoms with van der Waals surface area (Å²) in [7, 11) is 0. The van der Waals surface area contributed by atoms with Gasteiger partial charge in [-0.15, -0.1) is 0 Å². The van der Waals surface area contributed by atoms with E-state index in [9.17, 15) is 0 Å². The van der Waals surface area contributed by atoms with Crippen molar-refractivity contribution in [3.63, 3.8) is 0 Å². The van der Waals surface area contributed by atoms with Gasteiger partial charge in [-0.1, -0.05) is 12.1 Å². The summed E-state index contributed by atoms with van der Waals surface area (Å²) >= 11 is 0. The van der Waals surface area contributed by atoms with Gasteiger partial charge < -0.3 is 15.0 Å². The zero-order valence-corrected chi connectivity index (χ0v) is 6.24. The van der Waals surface area contributed by atoms with Crippen LogP contribution in [0.5, 0.6) is 11.5 Å². The zero-order chi connectivity index (χ0) is 8.85. The molecular weight excluding hydrogens is 144 g/mol. The van der Waals surface area contributed by atoms with Crippen LogP contribution in [0, 0.1) is 6.92 Å². The third-order valence-electron chi connectivity index (χ3n) is 1.22. The highest BCUT2D eigenvalue weighted by atomic mass is 16.3. The Kier molecular flexibility index (Phi) is 3.73. The van der Waals surface area contributed by atoms with E-state index in [2.05, 4.69) is 0 Å². The number of aromatic hydroxyl groups is 2. The fourth-order valence-electron chi connectivity index (χ4n) is 0.643. The van der Waals surface area contributed by atoms with Crippen LogP contribution < -0.4 is 0 Å². The first-order valence-electron chi connectivity index (χ1n) is 2.98. The van der Waals surface area contributed by atoms with Crippen LogP contribution in [0.15, 0.2) is 18.2 Å². The van der Waals surface area contributed by atoms with E-state index in [0.717, 1.165) is 0 Å². The van der Waals surface area contributed by atoms with Gasteiger partial charge in [0.1, 0.15) is 6.79 Å². The minimum atomic E-state index is -0.0602. The molecular formula is C8H10O3. The van der Waals surface area contributed by atoms with Crippen molar-refractivity contribution in [1.82, 2.24) is 0 Å². The summed E-state index contributed by atoms with van der Waals surface area (Å²) in [5.74, 6) is -0.0903. The molecule has 3 heteroatoms. The molecule has 2 N–H and O–H groups in total. The Morgan fingerprint density at radius 1 is 1.27 bits per heavy atom. The second-order valence-corrected chi connectivity index (χ2v) is 1.94. The van der Waals surface area contributed by atoms with Gasteiger partial charge in [0.25, 0.3) is 0 Å². The summed E-state index contributed by atoms with van der Waals surface area (Å²) in [6.45, 7) is 3.73. The molecule has 1 rings (SSSR count). The Bertz CT molecular complexity index is 213. The molecule has 0 aliphatic rings. The maximum Gasteiger partial charge on any atom is 0.160 e. The Balaban J connectivity index is 0.000000461. The van der Waals surface area contributed by atoms with Crippen LogP contribution in [-0.2, 0) is 4.79 Å². The van der Waals surface area contributed by atoms with Crippen molar-refractivity contribution in [2.75, 3.05) is 0 Å². The topological polar surface area (TPSA) is 57.5 Å². The van der Waals surface area contributed by atoms with Crippen LogP contribution in [0.3, 0.4) is 0 Å². The van der Waals surface area contributed by atoms with E-state index < -0.39 is 0 Å². The van der Waals surface area contributed by atoms with E-state index in [4.69, 9.17) is 15.0 Å². The van der Waals surface area contributed by atoms with Gasteiger partial charge in [0.15, 0.2) is 11.5 Å². The summed E-state index contributed by atoms with van der Waals surface area (Å²) in [6, 6.07) is 4.86. The molecule has 60 valence electrons. The van der Waals surface area contributed by atoms with Crippen molar-refractivity contribution in [3.05, 3.63) is 23.8 Å². The van der Waals surface area contributed by atoms with Crippen LogP contribution in [-0.4, -0.2) is 17.0 Å². The second kappa shape index (κ2) is 4.33. The van der Waals surface area contributed by atoms with Gasteiger partial charge in [-0.05, 0) is 18.6 Å². The Labute approximate surface area is 64.9 Å². The maximum absolute atomic E-state index is 8.96. The molecule has 0 aliphatic heterocycles. The lowest BCUT2D eigenvalue weighted by Gasteiger charge is -1.97. The minimum absolute atomic E-state index is 0.0301. The fourth-order valence-corrected chi connectivity index (χ4v) is 0.643. The van der Waals surface area contributed by atoms with Crippen molar-refractivity contribution in [2.45, 2.75) is 6.92 Å². The third-order valence-corrected chi connectivity index (χ3v) is 1.22. The van der Waals surface area contributed by atoms with E-state index in [-0.39, 0.29) is 11.5 Å². The molecule has 0 heterocycles. The lowest BCUT2D eigenvalue weighted by atomic mass is 10.2. The molecule has 0 fully saturated rings. The lowest BCUT2D eigenvalue weighted by molar-refractivity contribution is -0.0979. The molecule has 0 aliphatic carbocycles. The number of hydrogen-bond donors (Lipinski definition) is 2. The van der Waals surface area contributed by atoms with Crippen LogP contribution in [0.4, 0.5) is 0 Å². The third kappa shape index (κ3) is 2.29. The number of aryl methyl sites for hydroxylation is 1. The molecule has 0 atom stereocenters. The molecule has 1 aromatic rings. The number of hydrogen-bond acceptors (Lipinski definition) is 3. The number of phenols is 2.